The zero-order valence-corrected chi connectivity index (χ0v) is 18.2. The van der Waals surface area contributed by atoms with Crippen LogP contribution >= 0.6 is 11.6 Å². The number of carbonyl (C=O) groups excluding carboxylic acids is 2. The van der Waals surface area contributed by atoms with Crippen LogP contribution in [-0.4, -0.2) is 35.1 Å². The van der Waals surface area contributed by atoms with E-state index in [1.165, 1.54) is 12.1 Å². The van der Waals surface area contributed by atoms with Crippen LogP contribution in [0.3, 0.4) is 0 Å². The zero-order chi connectivity index (χ0) is 22.7. The van der Waals surface area contributed by atoms with Gasteiger partial charge in [-0.1, -0.05) is 47.1 Å². The summed E-state index contributed by atoms with van der Waals surface area (Å²) in [6.45, 7) is 2.98. The minimum Gasteiger partial charge on any atom is -0.359 e. The zero-order valence-electron chi connectivity index (χ0n) is 17.4. The van der Waals surface area contributed by atoms with Crippen molar-refractivity contribution in [2.24, 2.45) is 5.92 Å². The molecule has 0 spiro atoms. The molecule has 0 bridgehead atoms. The van der Waals surface area contributed by atoms with Crippen LogP contribution < -0.4 is 10.6 Å². The summed E-state index contributed by atoms with van der Waals surface area (Å²) >= 11 is 6.25. The summed E-state index contributed by atoms with van der Waals surface area (Å²) in [4.78, 5) is 26.6. The largest absolute Gasteiger partial charge is 0.359 e. The number of nitrogens with zero attached hydrogens (tertiary/aromatic N) is 2. The highest BCUT2D eigenvalue weighted by molar-refractivity contribution is 6.33. The van der Waals surface area contributed by atoms with Crippen LogP contribution in [0.25, 0.3) is 11.3 Å². The van der Waals surface area contributed by atoms with Crippen LogP contribution in [0.4, 0.5) is 14.9 Å². The maximum absolute atomic E-state index is 13.1. The average Bonchev–Trinajstić information content (AvgIpc) is 3.31. The van der Waals surface area contributed by atoms with Crippen molar-refractivity contribution < 1.29 is 18.5 Å². The molecular formula is C23H22ClFN4O3. The lowest BCUT2D eigenvalue weighted by molar-refractivity contribution is -0.128. The SMILES string of the molecule is Cc1onc(-c2ccccc2Cl)c1NC(=O)NCC1CC(=O)N(Cc2ccc(F)cc2)C1. The Kier molecular flexibility index (Phi) is 6.41. The number of hydrogen-bond donors (Lipinski definition) is 2. The van der Waals surface area contributed by atoms with Crippen molar-refractivity contribution in [1.82, 2.24) is 15.4 Å². The molecule has 166 valence electrons. The van der Waals surface area contributed by atoms with Gasteiger partial charge in [0.25, 0.3) is 0 Å². The number of hydrogen-bond acceptors (Lipinski definition) is 4. The van der Waals surface area contributed by atoms with E-state index in [0.29, 0.717) is 53.8 Å². The molecule has 0 radical (unpaired) electrons. The summed E-state index contributed by atoms with van der Waals surface area (Å²) in [7, 11) is 0. The number of aromatic nitrogens is 1. The number of likely N-dealkylation sites (tertiary alicyclic amines) is 1. The third-order valence-corrected chi connectivity index (χ3v) is 5.69. The first-order valence-electron chi connectivity index (χ1n) is 10.2. The van der Waals surface area contributed by atoms with E-state index in [0.717, 1.165) is 5.56 Å². The molecule has 4 rings (SSSR count). The molecule has 9 heteroatoms. The number of urea groups is 1. The number of anilines is 1. The van der Waals surface area contributed by atoms with Gasteiger partial charge in [-0.25, -0.2) is 9.18 Å². The summed E-state index contributed by atoms with van der Waals surface area (Å²) < 4.78 is 18.3. The van der Waals surface area contributed by atoms with E-state index in [-0.39, 0.29) is 17.6 Å². The van der Waals surface area contributed by atoms with Gasteiger partial charge in [0.15, 0.2) is 5.76 Å². The fourth-order valence-corrected chi connectivity index (χ4v) is 3.93. The van der Waals surface area contributed by atoms with Crippen molar-refractivity contribution >= 4 is 29.2 Å². The molecule has 0 aliphatic carbocycles. The molecule has 2 heterocycles. The lowest BCUT2D eigenvalue weighted by Crippen LogP contribution is -2.34. The first kappa shape index (κ1) is 21.8. The van der Waals surface area contributed by atoms with Crippen LogP contribution in [0.2, 0.25) is 5.02 Å². The van der Waals surface area contributed by atoms with Crippen LogP contribution in [0.5, 0.6) is 0 Å². The first-order valence-corrected chi connectivity index (χ1v) is 10.6. The number of amides is 3. The number of carbonyl (C=O) groups is 2. The first-order chi connectivity index (χ1) is 15.4. The van der Waals surface area contributed by atoms with E-state index >= 15 is 0 Å². The number of halogens is 2. The normalized spacial score (nSPS) is 15.8. The molecule has 1 aromatic heterocycles. The standard InChI is InChI=1S/C23H22ClFN4O3/c1-14-21(22(28-32-14)18-4-2-3-5-19(18)24)27-23(31)26-11-16-10-20(30)29(13-16)12-15-6-8-17(25)9-7-15/h2-9,16H,10-13H2,1H3,(H2,26,27,31). The minimum atomic E-state index is -0.422. The van der Waals surface area contributed by atoms with Crippen molar-refractivity contribution in [3.63, 3.8) is 0 Å². The Hall–Kier alpha value is -3.39. The lowest BCUT2D eigenvalue weighted by atomic mass is 10.1. The average molecular weight is 457 g/mol. The van der Waals surface area contributed by atoms with Crippen molar-refractivity contribution in [3.05, 3.63) is 70.7 Å². The highest BCUT2D eigenvalue weighted by Gasteiger charge is 2.30. The Balaban J connectivity index is 1.33. The predicted octanol–water partition coefficient (Wildman–Crippen LogP) is 4.61. The van der Waals surface area contributed by atoms with Crippen LogP contribution in [0.15, 0.2) is 53.1 Å². The van der Waals surface area contributed by atoms with Crippen LogP contribution in [-0.2, 0) is 11.3 Å². The van der Waals surface area contributed by atoms with E-state index in [2.05, 4.69) is 15.8 Å². The van der Waals surface area contributed by atoms with E-state index in [1.807, 2.05) is 6.07 Å². The number of nitrogens with one attached hydrogen (secondary N) is 2. The number of benzene rings is 2. The molecule has 1 fully saturated rings. The van der Waals surface area contributed by atoms with Gasteiger partial charge in [-0.3, -0.25) is 4.79 Å². The third-order valence-electron chi connectivity index (χ3n) is 5.36. The predicted molar refractivity (Wildman–Crippen MR) is 119 cm³/mol. The van der Waals surface area contributed by atoms with E-state index in [1.54, 1.807) is 42.2 Å². The third kappa shape index (κ3) is 4.91. The molecule has 1 aliphatic rings. The van der Waals surface area contributed by atoms with Gasteiger partial charge in [0.2, 0.25) is 5.91 Å². The Morgan fingerprint density at radius 2 is 2.00 bits per heavy atom. The van der Waals surface area contributed by atoms with Gasteiger partial charge in [-0.05, 0) is 30.7 Å². The second-order valence-corrected chi connectivity index (χ2v) is 8.16. The second-order valence-electron chi connectivity index (χ2n) is 7.75. The molecule has 3 aromatic rings. The fraction of sp³-hybridized carbons (Fsp3) is 0.261. The Bertz CT molecular complexity index is 1130. The molecular weight excluding hydrogens is 435 g/mol. The van der Waals surface area contributed by atoms with E-state index < -0.39 is 6.03 Å². The van der Waals surface area contributed by atoms with Crippen LogP contribution in [0, 0.1) is 18.7 Å². The summed E-state index contributed by atoms with van der Waals surface area (Å²) in [5.41, 5.74) is 2.40. The minimum absolute atomic E-state index is 0.0115. The maximum atomic E-state index is 13.1. The molecule has 32 heavy (non-hydrogen) atoms. The molecule has 1 saturated heterocycles. The summed E-state index contributed by atoms with van der Waals surface area (Å²) in [6, 6.07) is 12.8. The van der Waals surface area contributed by atoms with Gasteiger partial charge in [0.05, 0.1) is 5.02 Å². The molecule has 3 amide bonds. The highest BCUT2D eigenvalue weighted by Crippen LogP contribution is 2.34. The van der Waals surface area contributed by atoms with Gasteiger partial charge in [0.1, 0.15) is 17.2 Å². The summed E-state index contributed by atoms with van der Waals surface area (Å²) in [5, 5.41) is 10.1. The van der Waals surface area contributed by atoms with Crippen molar-refractivity contribution in [3.8, 4) is 11.3 Å². The van der Waals surface area contributed by atoms with E-state index in [4.69, 9.17) is 16.1 Å². The van der Waals surface area contributed by atoms with Gasteiger partial charge in [-0.15, -0.1) is 0 Å². The maximum Gasteiger partial charge on any atom is 0.319 e. The van der Waals surface area contributed by atoms with Crippen LogP contribution in [0.1, 0.15) is 17.7 Å². The van der Waals surface area contributed by atoms with Gasteiger partial charge in [0, 0.05) is 37.5 Å². The van der Waals surface area contributed by atoms with Gasteiger partial charge >= 0.3 is 6.03 Å². The molecule has 1 unspecified atom stereocenters. The highest BCUT2D eigenvalue weighted by atomic mass is 35.5. The number of aryl methyl sites for hydroxylation is 1. The Morgan fingerprint density at radius 3 is 2.75 bits per heavy atom. The Labute approximate surface area is 189 Å². The quantitative estimate of drug-likeness (QED) is 0.567. The van der Waals surface area contributed by atoms with Crippen molar-refractivity contribution in [1.29, 1.82) is 0 Å². The lowest BCUT2D eigenvalue weighted by Gasteiger charge is -2.17. The van der Waals surface area contributed by atoms with E-state index in [9.17, 15) is 14.0 Å². The van der Waals surface area contributed by atoms with Crippen molar-refractivity contribution in [2.75, 3.05) is 18.4 Å². The monoisotopic (exact) mass is 456 g/mol. The molecule has 1 atom stereocenters. The van der Waals surface area contributed by atoms with Gasteiger partial charge < -0.3 is 20.1 Å². The molecule has 2 aromatic carbocycles. The summed E-state index contributed by atoms with van der Waals surface area (Å²) in [6.07, 6.45) is 0.346. The van der Waals surface area contributed by atoms with Crippen molar-refractivity contribution in [2.45, 2.75) is 19.9 Å². The molecule has 1 aliphatic heterocycles. The molecule has 2 N–H and O–H groups in total. The number of rotatable bonds is 6. The molecule has 7 nitrogen and oxygen atoms in total. The second kappa shape index (κ2) is 9.40. The summed E-state index contributed by atoms with van der Waals surface area (Å²) in [5.74, 6) is 0.143. The molecule has 0 saturated carbocycles. The van der Waals surface area contributed by atoms with Gasteiger partial charge in [-0.2, -0.15) is 0 Å². The fourth-order valence-electron chi connectivity index (χ4n) is 3.70. The smallest absolute Gasteiger partial charge is 0.319 e. The Morgan fingerprint density at radius 1 is 1.25 bits per heavy atom. The topological polar surface area (TPSA) is 87.5 Å².